The molecule has 0 spiro atoms. The smallest absolute Gasteiger partial charge is 0.0971 e. The molecule has 0 aliphatic carbocycles. The number of hydrogen-bond acceptors (Lipinski definition) is 5. The number of hydrogen-bond donors (Lipinski definition) is 1. The molecule has 0 amide bonds. The van der Waals surface area contributed by atoms with E-state index >= 15 is 0 Å². The molecule has 1 fully saturated rings. The van der Waals surface area contributed by atoms with Crippen LogP contribution in [0.3, 0.4) is 0 Å². The molecule has 1 N–H and O–H groups in total. The molecule has 1 aromatic heterocycles. The summed E-state index contributed by atoms with van der Waals surface area (Å²) in [5, 5.41) is 10.8. The molecule has 1 saturated heterocycles. The van der Waals surface area contributed by atoms with Crippen LogP contribution in [0.4, 0.5) is 0 Å². The molecule has 0 bridgehead atoms. The quantitative estimate of drug-likeness (QED) is 0.832. The van der Waals surface area contributed by atoms with Crippen molar-refractivity contribution in [3.63, 3.8) is 0 Å². The lowest BCUT2D eigenvalue weighted by Crippen LogP contribution is -2.27. The maximum atomic E-state index is 8.77. The van der Waals surface area contributed by atoms with Gasteiger partial charge in [0.15, 0.2) is 0 Å². The van der Waals surface area contributed by atoms with Gasteiger partial charge in [-0.1, -0.05) is 11.8 Å². The van der Waals surface area contributed by atoms with E-state index in [1.165, 1.54) is 4.88 Å². The van der Waals surface area contributed by atoms with E-state index in [0.717, 1.165) is 25.2 Å². The van der Waals surface area contributed by atoms with E-state index in [0.29, 0.717) is 6.42 Å². The van der Waals surface area contributed by atoms with Gasteiger partial charge in [-0.15, -0.1) is 11.3 Å². The fourth-order valence-corrected chi connectivity index (χ4v) is 3.26. The number of likely N-dealkylation sites (tertiary alicyclic amines) is 1. The van der Waals surface area contributed by atoms with Gasteiger partial charge in [0, 0.05) is 50.7 Å². The minimum Gasteiger partial charge on any atom is -0.395 e. The highest BCUT2D eigenvalue weighted by Crippen LogP contribution is 2.23. The molecular formula is C15H21NO3S. The maximum absolute atomic E-state index is 8.77. The first-order chi connectivity index (χ1) is 9.78. The number of thiophene rings is 1. The van der Waals surface area contributed by atoms with Crippen LogP contribution in [0.1, 0.15) is 16.9 Å². The van der Waals surface area contributed by atoms with Crippen molar-refractivity contribution in [2.24, 2.45) is 0 Å². The molecule has 20 heavy (non-hydrogen) atoms. The Balaban J connectivity index is 1.98. The van der Waals surface area contributed by atoms with Gasteiger partial charge in [-0.2, -0.15) is 0 Å². The van der Waals surface area contributed by atoms with Crippen molar-refractivity contribution in [1.82, 2.24) is 4.90 Å². The highest BCUT2D eigenvalue weighted by atomic mass is 32.1. The van der Waals surface area contributed by atoms with E-state index in [1.54, 1.807) is 25.6 Å². The molecule has 4 nitrogen and oxygen atoms in total. The fourth-order valence-electron chi connectivity index (χ4n) is 2.39. The Hall–Kier alpha value is -0.900. The average Bonchev–Trinajstić information content (AvgIpc) is 3.06. The number of nitrogens with zero attached hydrogens (tertiary/aromatic N) is 1. The Morgan fingerprint density at radius 3 is 2.65 bits per heavy atom. The van der Waals surface area contributed by atoms with Gasteiger partial charge in [-0.25, -0.2) is 0 Å². The van der Waals surface area contributed by atoms with Gasteiger partial charge in [0.1, 0.15) is 0 Å². The fraction of sp³-hybridized carbons (Fsp3) is 0.600. The third kappa shape index (κ3) is 3.81. The summed E-state index contributed by atoms with van der Waals surface area (Å²) < 4.78 is 10.9. The van der Waals surface area contributed by atoms with Crippen LogP contribution in [0.5, 0.6) is 0 Å². The normalized spacial score (nSPS) is 22.8. The standard InChI is InChI=1S/C15H21NO3S/c1-18-13-9-16(10-14(13)19-2)11-15-12(6-8-20-15)5-3-4-7-17/h6,8,13-14,17H,4,7,9-11H2,1-2H3. The minimum absolute atomic E-state index is 0.115. The molecule has 110 valence electrons. The zero-order valence-corrected chi connectivity index (χ0v) is 12.8. The second-order valence-electron chi connectivity index (χ2n) is 4.78. The van der Waals surface area contributed by atoms with Crippen LogP contribution < -0.4 is 0 Å². The number of rotatable bonds is 5. The molecule has 2 rings (SSSR count). The number of ether oxygens (including phenoxy) is 2. The van der Waals surface area contributed by atoms with Crippen LogP contribution in [0.15, 0.2) is 11.4 Å². The second kappa shape index (κ2) is 7.77. The maximum Gasteiger partial charge on any atom is 0.0971 e. The van der Waals surface area contributed by atoms with E-state index in [9.17, 15) is 0 Å². The molecule has 2 atom stereocenters. The average molecular weight is 295 g/mol. The number of aliphatic hydroxyl groups is 1. The van der Waals surface area contributed by atoms with Crippen LogP contribution in [-0.4, -0.2) is 56.1 Å². The minimum atomic E-state index is 0.115. The van der Waals surface area contributed by atoms with Gasteiger partial charge in [0.25, 0.3) is 0 Å². The van der Waals surface area contributed by atoms with Gasteiger partial charge < -0.3 is 14.6 Å². The number of aliphatic hydroxyl groups excluding tert-OH is 1. The third-order valence-corrected chi connectivity index (χ3v) is 4.37. The highest BCUT2D eigenvalue weighted by Gasteiger charge is 2.33. The second-order valence-corrected chi connectivity index (χ2v) is 5.78. The van der Waals surface area contributed by atoms with Crippen molar-refractivity contribution in [2.75, 3.05) is 33.9 Å². The van der Waals surface area contributed by atoms with Crippen LogP contribution in [0, 0.1) is 11.8 Å². The molecule has 0 saturated carbocycles. The molecule has 0 radical (unpaired) electrons. The van der Waals surface area contributed by atoms with Crippen molar-refractivity contribution in [3.8, 4) is 11.8 Å². The summed E-state index contributed by atoms with van der Waals surface area (Å²) in [4.78, 5) is 3.60. The van der Waals surface area contributed by atoms with Crippen LogP contribution in [0.2, 0.25) is 0 Å². The highest BCUT2D eigenvalue weighted by molar-refractivity contribution is 7.10. The van der Waals surface area contributed by atoms with Gasteiger partial charge >= 0.3 is 0 Å². The van der Waals surface area contributed by atoms with Crippen molar-refractivity contribution >= 4 is 11.3 Å². The predicted molar refractivity (Wildman–Crippen MR) is 79.8 cm³/mol. The van der Waals surface area contributed by atoms with Crippen molar-refractivity contribution in [3.05, 3.63) is 21.9 Å². The lowest BCUT2D eigenvalue weighted by atomic mass is 10.2. The zero-order valence-electron chi connectivity index (χ0n) is 12.0. The Morgan fingerprint density at radius 1 is 1.35 bits per heavy atom. The van der Waals surface area contributed by atoms with Crippen molar-refractivity contribution in [1.29, 1.82) is 0 Å². The molecule has 1 aliphatic heterocycles. The number of methoxy groups -OCH3 is 2. The van der Waals surface area contributed by atoms with Gasteiger partial charge in [0.05, 0.1) is 18.8 Å². The van der Waals surface area contributed by atoms with Gasteiger partial charge in [0.2, 0.25) is 0 Å². The summed E-state index contributed by atoms with van der Waals surface area (Å²) in [5.41, 5.74) is 1.07. The van der Waals surface area contributed by atoms with E-state index in [2.05, 4.69) is 22.1 Å². The van der Waals surface area contributed by atoms with Crippen molar-refractivity contribution < 1.29 is 14.6 Å². The van der Waals surface area contributed by atoms with Gasteiger partial charge in [-0.3, -0.25) is 4.90 Å². The summed E-state index contributed by atoms with van der Waals surface area (Å²) in [5.74, 6) is 6.11. The lowest BCUT2D eigenvalue weighted by Gasteiger charge is -2.14. The Labute approximate surface area is 124 Å². The predicted octanol–water partition coefficient (Wildman–Crippen LogP) is 1.33. The Bertz CT molecular complexity index is 465. The SMILES string of the molecule is COC1CN(Cc2sccc2C#CCCO)CC1OC. The molecular weight excluding hydrogens is 274 g/mol. The molecule has 5 heteroatoms. The first-order valence-corrected chi connectivity index (χ1v) is 7.60. The van der Waals surface area contributed by atoms with Crippen LogP contribution in [-0.2, 0) is 16.0 Å². The third-order valence-electron chi connectivity index (χ3n) is 3.47. The monoisotopic (exact) mass is 295 g/mol. The van der Waals surface area contributed by atoms with E-state index in [-0.39, 0.29) is 18.8 Å². The van der Waals surface area contributed by atoms with E-state index in [4.69, 9.17) is 14.6 Å². The lowest BCUT2D eigenvalue weighted by molar-refractivity contribution is -0.00461. The van der Waals surface area contributed by atoms with Crippen molar-refractivity contribution in [2.45, 2.75) is 25.2 Å². The molecule has 1 aromatic rings. The Kier molecular flexibility index (Phi) is 6.02. The largest absolute Gasteiger partial charge is 0.395 e. The van der Waals surface area contributed by atoms with E-state index < -0.39 is 0 Å². The Morgan fingerprint density at radius 2 is 2.05 bits per heavy atom. The first kappa shape index (κ1) is 15.5. The summed E-state index contributed by atoms with van der Waals surface area (Å²) >= 11 is 1.72. The van der Waals surface area contributed by atoms with Gasteiger partial charge in [-0.05, 0) is 11.4 Å². The summed E-state index contributed by atoms with van der Waals surface area (Å²) in [7, 11) is 3.47. The summed E-state index contributed by atoms with van der Waals surface area (Å²) in [6.07, 6.45) is 0.809. The summed E-state index contributed by atoms with van der Waals surface area (Å²) in [6.45, 7) is 2.76. The molecule has 1 aliphatic rings. The molecule has 2 heterocycles. The first-order valence-electron chi connectivity index (χ1n) is 6.72. The summed E-state index contributed by atoms with van der Waals surface area (Å²) in [6, 6.07) is 2.04. The zero-order chi connectivity index (χ0) is 14.4. The van der Waals surface area contributed by atoms with E-state index in [1.807, 2.05) is 6.07 Å². The molecule has 0 aromatic carbocycles. The topological polar surface area (TPSA) is 41.9 Å². The van der Waals surface area contributed by atoms with Crippen LogP contribution in [0.25, 0.3) is 0 Å². The van der Waals surface area contributed by atoms with Crippen LogP contribution >= 0.6 is 11.3 Å². The molecule has 2 unspecified atom stereocenters.